The Morgan fingerprint density at radius 1 is 1.14 bits per heavy atom. The second-order valence-electron chi connectivity index (χ2n) is 3.72. The molecule has 0 saturated heterocycles. The van der Waals surface area contributed by atoms with Gasteiger partial charge in [0, 0.05) is 6.07 Å². The van der Waals surface area contributed by atoms with Gasteiger partial charge in [-0.3, -0.25) is 0 Å². The molecule has 5 heteroatoms. The van der Waals surface area contributed by atoms with Crippen molar-refractivity contribution in [1.29, 1.82) is 0 Å². The highest BCUT2D eigenvalue weighted by Gasteiger charge is 2.42. The van der Waals surface area contributed by atoms with Crippen LogP contribution >= 0.6 is 0 Å². The lowest BCUT2D eigenvalue weighted by Gasteiger charge is -2.17. The van der Waals surface area contributed by atoms with Crippen LogP contribution in [0, 0.1) is 16.2 Å². The monoisotopic (exact) mass is 196 g/mol. The van der Waals surface area contributed by atoms with Gasteiger partial charge in [0.25, 0.3) is 10.7 Å². The number of fused-ring (bicyclic) bond motifs is 1. The third-order valence-corrected chi connectivity index (χ3v) is 2.37. The van der Waals surface area contributed by atoms with Gasteiger partial charge in [0.2, 0.25) is 0 Å². The SMILES string of the molecule is CC1(C)[N+]([O-])=c2ccc(F)cc2=[N+]1[O-]. The third kappa shape index (κ3) is 0.921. The summed E-state index contributed by atoms with van der Waals surface area (Å²) >= 11 is 0. The van der Waals surface area contributed by atoms with Crippen LogP contribution in [0.2, 0.25) is 0 Å². The number of nitrogens with zero attached hydrogens (tertiary/aromatic N) is 2. The molecular weight excluding hydrogens is 187 g/mol. The number of hydrogen-bond acceptors (Lipinski definition) is 2. The number of hydrogen-bond donors (Lipinski definition) is 0. The fraction of sp³-hybridized carbons (Fsp3) is 0.333. The quantitative estimate of drug-likeness (QED) is 0.417. The van der Waals surface area contributed by atoms with Crippen molar-refractivity contribution in [3.05, 3.63) is 45.1 Å². The highest BCUT2D eigenvalue weighted by atomic mass is 19.1. The standard InChI is InChI=1S/C9H9FN2O2/c1-9(2)11(13)7-4-3-6(10)5-8(7)12(9)14/h3-5H,1-2H3. The van der Waals surface area contributed by atoms with Gasteiger partial charge in [0.05, 0.1) is 19.9 Å². The summed E-state index contributed by atoms with van der Waals surface area (Å²) in [4.78, 5) is 0. The van der Waals surface area contributed by atoms with Crippen molar-refractivity contribution in [2.75, 3.05) is 0 Å². The van der Waals surface area contributed by atoms with Gasteiger partial charge in [-0.15, -0.1) is 9.48 Å². The second-order valence-corrected chi connectivity index (χ2v) is 3.72. The number of benzene rings is 1. The molecule has 0 saturated carbocycles. The molecule has 1 aromatic rings. The summed E-state index contributed by atoms with van der Waals surface area (Å²) in [6.45, 7) is 2.98. The molecule has 4 nitrogen and oxygen atoms in total. The van der Waals surface area contributed by atoms with Gasteiger partial charge in [0.15, 0.2) is 0 Å². The summed E-state index contributed by atoms with van der Waals surface area (Å²) in [7, 11) is 0. The van der Waals surface area contributed by atoms with E-state index < -0.39 is 11.5 Å². The van der Waals surface area contributed by atoms with E-state index >= 15 is 0 Å². The van der Waals surface area contributed by atoms with E-state index in [1.807, 2.05) is 0 Å². The maximum absolute atomic E-state index is 12.8. The Morgan fingerprint density at radius 2 is 1.71 bits per heavy atom. The Labute approximate surface area is 79.4 Å². The highest BCUT2D eigenvalue weighted by Crippen LogP contribution is 2.05. The summed E-state index contributed by atoms with van der Waals surface area (Å²) in [6, 6.07) is 3.55. The zero-order valence-electron chi connectivity index (χ0n) is 7.82. The van der Waals surface area contributed by atoms with Crippen molar-refractivity contribution >= 4 is 0 Å². The number of rotatable bonds is 0. The van der Waals surface area contributed by atoms with Crippen LogP contribution in [-0.4, -0.2) is 5.66 Å². The molecular formula is C9H9FN2O2. The van der Waals surface area contributed by atoms with E-state index in [0.29, 0.717) is 9.48 Å². The molecule has 0 radical (unpaired) electrons. The van der Waals surface area contributed by atoms with Crippen LogP contribution in [0.25, 0.3) is 0 Å². The lowest BCUT2D eigenvalue weighted by Crippen LogP contribution is -2.46. The van der Waals surface area contributed by atoms with Crippen molar-refractivity contribution in [1.82, 2.24) is 9.48 Å². The second kappa shape index (κ2) is 2.43. The molecule has 1 aromatic carbocycles. The number of hydroxylamine groups is 2. The van der Waals surface area contributed by atoms with Crippen LogP contribution in [0.4, 0.5) is 4.39 Å². The average Bonchev–Trinajstić information content (AvgIpc) is 2.29. The lowest BCUT2D eigenvalue weighted by molar-refractivity contribution is 0.322. The Kier molecular flexibility index (Phi) is 1.55. The van der Waals surface area contributed by atoms with Gasteiger partial charge in [-0.25, -0.2) is 4.39 Å². The first-order chi connectivity index (χ1) is 6.44. The molecule has 1 aliphatic heterocycles. The zero-order chi connectivity index (χ0) is 10.5. The summed E-state index contributed by atoms with van der Waals surface area (Å²) < 4.78 is 13.9. The Morgan fingerprint density at radius 3 is 2.36 bits per heavy atom. The average molecular weight is 196 g/mol. The molecule has 0 N–H and O–H groups in total. The lowest BCUT2D eigenvalue weighted by atomic mass is 10.3. The summed E-state index contributed by atoms with van der Waals surface area (Å²) in [5.41, 5.74) is -1.20. The van der Waals surface area contributed by atoms with E-state index in [2.05, 4.69) is 0 Å². The topological polar surface area (TPSA) is 52.1 Å². The van der Waals surface area contributed by atoms with Crippen molar-refractivity contribution < 1.29 is 4.39 Å². The smallest absolute Gasteiger partial charge is 0.366 e. The molecule has 1 heterocycles. The number of halogens is 1. The molecule has 0 atom stereocenters. The maximum atomic E-state index is 12.8. The summed E-state index contributed by atoms with van der Waals surface area (Å²) in [6.07, 6.45) is 0. The first-order valence-electron chi connectivity index (χ1n) is 4.19. The van der Waals surface area contributed by atoms with Gasteiger partial charge in [0.1, 0.15) is 5.82 Å². The molecule has 74 valence electrons. The Bertz CT molecular complexity index is 522. The van der Waals surface area contributed by atoms with Gasteiger partial charge in [-0.05, 0) is 6.07 Å². The molecule has 0 aliphatic carbocycles. The van der Waals surface area contributed by atoms with Gasteiger partial charge >= 0.3 is 5.66 Å². The molecule has 0 unspecified atom stereocenters. The fourth-order valence-corrected chi connectivity index (χ4v) is 1.50. The highest BCUT2D eigenvalue weighted by molar-refractivity contribution is 5.10. The van der Waals surface area contributed by atoms with Gasteiger partial charge < -0.3 is 10.4 Å². The molecule has 1 aliphatic rings. The van der Waals surface area contributed by atoms with Crippen LogP contribution in [-0.2, 0) is 0 Å². The third-order valence-electron chi connectivity index (χ3n) is 2.37. The van der Waals surface area contributed by atoms with E-state index in [0.717, 1.165) is 6.07 Å². The van der Waals surface area contributed by atoms with Crippen molar-refractivity contribution in [2.24, 2.45) is 0 Å². The minimum atomic E-state index is -1.20. The Balaban J connectivity index is 2.97. The normalized spacial score (nSPS) is 18.5. The van der Waals surface area contributed by atoms with Crippen LogP contribution in [0.15, 0.2) is 18.2 Å². The largest absolute Gasteiger partial charge is 0.618 e. The molecule has 14 heavy (non-hydrogen) atoms. The van der Waals surface area contributed by atoms with Crippen LogP contribution in [0.1, 0.15) is 13.8 Å². The van der Waals surface area contributed by atoms with Crippen molar-refractivity contribution in [2.45, 2.75) is 19.5 Å². The molecule has 0 amide bonds. The minimum absolute atomic E-state index is 0.0880. The van der Waals surface area contributed by atoms with Crippen LogP contribution < -0.4 is 20.2 Å². The molecule has 0 fully saturated rings. The van der Waals surface area contributed by atoms with E-state index in [9.17, 15) is 14.8 Å². The fourth-order valence-electron chi connectivity index (χ4n) is 1.50. The van der Waals surface area contributed by atoms with E-state index in [4.69, 9.17) is 0 Å². The van der Waals surface area contributed by atoms with Crippen LogP contribution in [0.5, 0.6) is 0 Å². The molecule has 2 rings (SSSR count). The van der Waals surface area contributed by atoms with Gasteiger partial charge in [-0.1, -0.05) is 0 Å². The zero-order valence-corrected chi connectivity index (χ0v) is 7.82. The summed E-state index contributed by atoms with van der Waals surface area (Å²) in [5, 5.41) is 23.5. The first-order valence-corrected chi connectivity index (χ1v) is 4.19. The van der Waals surface area contributed by atoms with Crippen molar-refractivity contribution in [3.63, 3.8) is 0 Å². The molecule has 0 spiro atoms. The first kappa shape index (κ1) is 8.93. The summed E-state index contributed by atoms with van der Waals surface area (Å²) in [5.74, 6) is -0.518. The van der Waals surface area contributed by atoms with E-state index in [1.165, 1.54) is 26.0 Å². The van der Waals surface area contributed by atoms with Crippen molar-refractivity contribution in [3.8, 4) is 0 Å². The predicted octanol–water partition coefficient (Wildman–Crippen LogP) is -0.447. The molecule has 0 aromatic heterocycles. The van der Waals surface area contributed by atoms with E-state index in [-0.39, 0.29) is 10.7 Å². The van der Waals surface area contributed by atoms with E-state index in [1.54, 1.807) is 0 Å². The maximum Gasteiger partial charge on any atom is 0.366 e. The van der Waals surface area contributed by atoms with Gasteiger partial charge in [-0.2, -0.15) is 0 Å². The van der Waals surface area contributed by atoms with Crippen LogP contribution in [0.3, 0.4) is 0 Å². The Hall–Kier alpha value is -1.65. The predicted molar refractivity (Wildman–Crippen MR) is 48.9 cm³/mol. The minimum Gasteiger partial charge on any atom is -0.618 e. The molecule has 0 bridgehead atoms.